The van der Waals surface area contributed by atoms with Gasteiger partial charge in [-0.3, -0.25) is 4.79 Å². The number of halogens is 2. The van der Waals surface area contributed by atoms with Crippen LogP contribution in [0, 0.1) is 0 Å². The minimum absolute atomic E-state index is 0.177. The molecule has 3 aromatic carbocycles. The fourth-order valence-electron chi connectivity index (χ4n) is 3.92. The van der Waals surface area contributed by atoms with Gasteiger partial charge in [0.25, 0.3) is 0 Å². The van der Waals surface area contributed by atoms with Gasteiger partial charge in [0, 0.05) is 22.0 Å². The highest BCUT2D eigenvalue weighted by atomic mass is 35.5. The molecule has 3 aromatic rings. The molecule has 38 heavy (non-hydrogen) atoms. The van der Waals surface area contributed by atoms with Gasteiger partial charge >= 0.3 is 0 Å². The third kappa shape index (κ3) is 8.24. The molecule has 0 aliphatic heterocycles. The Morgan fingerprint density at radius 2 is 1.55 bits per heavy atom. The van der Waals surface area contributed by atoms with Crippen LogP contribution in [0.4, 0.5) is 0 Å². The molecule has 202 valence electrons. The van der Waals surface area contributed by atoms with E-state index in [2.05, 4.69) is 52.1 Å². The molecule has 1 amide bonds. The number of hydrogen-bond acceptors (Lipinski definition) is 4. The monoisotopic (exact) mass is 554 g/mol. The zero-order valence-electron chi connectivity index (χ0n) is 22.9. The summed E-state index contributed by atoms with van der Waals surface area (Å²) >= 11 is 12.1. The molecule has 0 fully saturated rings. The molecule has 0 unspecified atom stereocenters. The van der Waals surface area contributed by atoms with Gasteiger partial charge in [0.05, 0.1) is 6.21 Å². The summed E-state index contributed by atoms with van der Waals surface area (Å²) in [5.74, 6) is 0.854. The number of benzene rings is 3. The van der Waals surface area contributed by atoms with Crippen LogP contribution in [0.2, 0.25) is 10.0 Å². The first-order valence-corrected chi connectivity index (χ1v) is 13.3. The third-order valence-corrected chi connectivity index (χ3v) is 6.71. The smallest absolute Gasteiger partial charge is 0.240 e. The lowest BCUT2D eigenvalue weighted by atomic mass is 9.78. The summed E-state index contributed by atoms with van der Waals surface area (Å²) in [4.78, 5) is 12.4. The highest BCUT2D eigenvalue weighted by Crippen LogP contribution is 2.40. The Kier molecular flexibility index (Phi) is 9.50. The molecule has 0 heterocycles. The largest absolute Gasteiger partial charge is 0.507 e. The van der Waals surface area contributed by atoms with Crippen molar-refractivity contribution in [1.82, 2.24) is 5.43 Å². The van der Waals surface area contributed by atoms with E-state index in [1.54, 1.807) is 18.3 Å². The van der Waals surface area contributed by atoms with E-state index in [-0.39, 0.29) is 23.2 Å². The Labute approximate surface area is 235 Å². The first-order valence-electron chi connectivity index (χ1n) is 12.6. The van der Waals surface area contributed by atoms with E-state index in [1.807, 2.05) is 42.5 Å². The van der Waals surface area contributed by atoms with Crippen molar-refractivity contribution in [1.29, 1.82) is 0 Å². The van der Waals surface area contributed by atoms with Gasteiger partial charge in [-0.15, -0.1) is 0 Å². The first-order chi connectivity index (χ1) is 17.7. The van der Waals surface area contributed by atoms with Gasteiger partial charge in [0.15, 0.2) is 0 Å². The molecular weight excluding hydrogens is 519 g/mol. The third-order valence-electron chi connectivity index (χ3n) is 6.12. The van der Waals surface area contributed by atoms with Crippen LogP contribution in [0.1, 0.15) is 75.8 Å². The quantitative estimate of drug-likeness (QED) is 0.219. The van der Waals surface area contributed by atoms with Gasteiger partial charge in [0.1, 0.15) is 18.1 Å². The number of phenolic OH excluding ortho intramolecular Hbond substituents is 1. The Morgan fingerprint density at radius 1 is 0.947 bits per heavy atom. The number of aryl methyl sites for hydroxylation is 1. The Morgan fingerprint density at radius 3 is 2.11 bits per heavy atom. The predicted molar refractivity (Wildman–Crippen MR) is 157 cm³/mol. The summed E-state index contributed by atoms with van der Waals surface area (Å²) in [5.41, 5.74) is 6.65. The molecule has 0 aromatic heterocycles. The van der Waals surface area contributed by atoms with Crippen LogP contribution < -0.4 is 10.2 Å². The van der Waals surface area contributed by atoms with Crippen LogP contribution in [-0.2, 0) is 28.7 Å². The number of carbonyl (C=O) groups excluding carboxylic acids is 1. The number of carbonyl (C=O) groups is 1. The molecule has 5 nitrogen and oxygen atoms in total. The van der Waals surface area contributed by atoms with Crippen LogP contribution in [0.3, 0.4) is 0 Å². The SMILES string of the molecule is CC(C)(C)c1cc(CCC(=O)N/N=C\c2ccc(OCc3ccc(Cl)cc3Cl)cc2)cc(C(C)(C)C)c1O. The Hall–Kier alpha value is -3.02. The van der Waals surface area contributed by atoms with Gasteiger partial charge in [-0.2, -0.15) is 5.10 Å². The van der Waals surface area contributed by atoms with Gasteiger partial charge in [-0.1, -0.05) is 82.9 Å². The topological polar surface area (TPSA) is 70.9 Å². The number of nitrogens with one attached hydrogen (secondary N) is 1. The van der Waals surface area contributed by atoms with Crippen molar-refractivity contribution >= 4 is 35.3 Å². The fourth-order valence-corrected chi connectivity index (χ4v) is 4.39. The normalized spacial score (nSPS) is 12.1. The molecule has 2 N–H and O–H groups in total. The standard InChI is InChI=1S/C31H36Cl2N2O3/c1-30(2,3)25-15-21(16-26(29(25)37)31(4,5)6)9-14-28(36)35-34-18-20-7-12-24(13-8-20)38-19-22-10-11-23(32)17-27(22)33/h7-8,10-13,15-18,37H,9,14,19H2,1-6H3,(H,35,36)/b34-18-. The van der Waals surface area contributed by atoms with Crippen molar-refractivity contribution in [3.05, 3.63) is 92.5 Å². The highest BCUT2D eigenvalue weighted by Gasteiger charge is 2.26. The number of hydrazone groups is 1. The van der Waals surface area contributed by atoms with E-state index >= 15 is 0 Å². The van der Waals surface area contributed by atoms with Crippen LogP contribution in [0.15, 0.2) is 59.7 Å². The van der Waals surface area contributed by atoms with Crippen molar-refractivity contribution in [3.8, 4) is 11.5 Å². The van der Waals surface area contributed by atoms with Crippen molar-refractivity contribution < 1.29 is 14.6 Å². The number of nitrogens with zero attached hydrogens (tertiary/aromatic N) is 1. The molecular formula is C31H36Cl2N2O3. The number of aromatic hydroxyl groups is 1. The van der Waals surface area contributed by atoms with Gasteiger partial charge in [-0.25, -0.2) is 5.43 Å². The molecule has 0 radical (unpaired) electrons. The summed E-state index contributed by atoms with van der Waals surface area (Å²) < 4.78 is 5.79. The summed E-state index contributed by atoms with van der Waals surface area (Å²) in [7, 11) is 0. The van der Waals surface area contributed by atoms with Gasteiger partial charge in [0.2, 0.25) is 5.91 Å². The van der Waals surface area contributed by atoms with E-state index in [1.165, 1.54) is 0 Å². The molecule has 0 atom stereocenters. The second-order valence-corrected chi connectivity index (χ2v) is 12.3. The summed E-state index contributed by atoms with van der Waals surface area (Å²) in [6.45, 7) is 12.8. The van der Waals surface area contributed by atoms with Crippen molar-refractivity contribution in [2.24, 2.45) is 5.10 Å². The van der Waals surface area contributed by atoms with Crippen LogP contribution in [0.25, 0.3) is 0 Å². The van der Waals surface area contributed by atoms with Gasteiger partial charge in [-0.05, 0) is 75.9 Å². The van der Waals surface area contributed by atoms with Crippen molar-refractivity contribution in [2.45, 2.75) is 71.8 Å². The van der Waals surface area contributed by atoms with Crippen LogP contribution in [-0.4, -0.2) is 17.2 Å². The molecule has 0 saturated carbocycles. The molecule has 0 bridgehead atoms. The summed E-state index contributed by atoms with van der Waals surface area (Å²) in [6, 6.07) is 16.7. The maximum absolute atomic E-state index is 12.4. The lowest BCUT2D eigenvalue weighted by Crippen LogP contribution is -2.20. The molecule has 0 aliphatic rings. The Balaban J connectivity index is 1.55. The van der Waals surface area contributed by atoms with Crippen molar-refractivity contribution in [2.75, 3.05) is 0 Å². The predicted octanol–water partition coefficient (Wildman–Crippen LogP) is 7.96. The lowest BCUT2D eigenvalue weighted by molar-refractivity contribution is -0.121. The number of ether oxygens (including phenoxy) is 1. The zero-order chi connectivity index (χ0) is 28.1. The molecule has 7 heteroatoms. The van der Waals surface area contributed by atoms with E-state index in [9.17, 15) is 9.90 Å². The Bertz CT molecular complexity index is 1270. The molecule has 0 saturated heterocycles. The molecule has 0 aliphatic carbocycles. The first kappa shape index (κ1) is 29.5. The maximum Gasteiger partial charge on any atom is 0.240 e. The lowest BCUT2D eigenvalue weighted by Gasteiger charge is -2.28. The number of hydrogen-bond donors (Lipinski definition) is 2. The zero-order valence-corrected chi connectivity index (χ0v) is 24.4. The average molecular weight is 556 g/mol. The summed E-state index contributed by atoms with van der Waals surface area (Å²) in [5, 5.41) is 16.1. The van der Waals surface area contributed by atoms with Crippen molar-refractivity contribution in [3.63, 3.8) is 0 Å². The summed E-state index contributed by atoms with van der Waals surface area (Å²) in [6.07, 6.45) is 2.43. The fraction of sp³-hybridized carbons (Fsp3) is 0.355. The van der Waals surface area contributed by atoms with Gasteiger partial charge < -0.3 is 9.84 Å². The minimum Gasteiger partial charge on any atom is -0.507 e. The average Bonchev–Trinajstić information content (AvgIpc) is 2.82. The highest BCUT2D eigenvalue weighted by molar-refractivity contribution is 6.35. The number of phenols is 1. The van der Waals surface area contributed by atoms with E-state index < -0.39 is 0 Å². The number of rotatable bonds is 8. The number of amides is 1. The maximum atomic E-state index is 12.4. The second kappa shape index (κ2) is 12.2. The minimum atomic E-state index is -0.212. The van der Waals surface area contributed by atoms with Crippen LogP contribution in [0.5, 0.6) is 11.5 Å². The molecule has 3 rings (SSSR count). The second-order valence-electron chi connectivity index (χ2n) is 11.4. The van der Waals surface area contributed by atoms with Crippen LogP contribution >= 0.6 is 23.2 Å². The van der Waals surface area contributed by atoms with E-state index in [0.29, 0.717) is 34.6 Å². The van der Waals surface area contributed by atoms with E-state index in [0.717, 1.165) is 27.8 Å². The van der Waals surface area contributed by atoms with E-state index in [4.69, 9.17) is 27.9 Å². The molecule has 0 spiro atoms.